The molecular weight excluding hydrogens is 256 g/mol. The average molecular weight is 274 g/mol. The predicted octanol–water partition coefficient (Wildman–Crippen LogP) is 2.96. The van der Waals surface area contributed by atoms with Crippen molar-refractivity contribution in [2.75, 3.05) is 0 Å². The fourth-order valence-corrected chi connectivity index (χ4v) is 6.11. The van der Waals surface area contributed by atoms with Crippen LogP contribution in [-0.4, -0.2) is 19.8 Å². The summed E-state index contributed by atoms with van der Waals surface area (Å²) in [5.41, 5.74) is 0.300. The summed E-state index contributed by atoms with van der Waals surface area (Å²) >= 11 is 1.66. The van der Waals surface area contributed by atoms with Crippen LogP contribution in [0.15, 0.2) is 0 Å². The number of rotatable bonds is 1. The minimum Gasteiger partial charge on any atom is -0.187 e. The lowest BCUT2D eigenvalue weighted by Gasteiger charge is -2.55. The molecule has 2 aromatic heterocycles. The van der Waals surface area contributed by atoms with Crippen molar-refractivity contribution in [3.8, 4) is 0 Å². The molecule has 0 N–H and O–H groups in total. The molecule has 4 aliphatic rings. The number of fused-ring (bicyclic) bond motifs is 1. The van der Waals surface area contributed by atoms with E-state index in [1.54, 1.807) is 11.3 Å². The maximum atomic E-state index is 4.64. The van der Waals surface area contributed by atoms with Crippen LogP contribution in [0.2, 0.25) is 0 Å². The Morgan fingerprint density at radius 1 is 1.05 bits per heavy atom. The van der Waals surface area contributed by atoms with Gasteiger partial charge in [-0.3, -0.25) is 0 Å². The van der Waals surface area contributed by atoms with Crippen LogP contribution in [0, 0.1) is 24.7 Å². The zero-order chi connectivity index (χ0) is 12.6. The molecule has 6 rings (SSSR count). The van der Waals surface area contributed by atoms with Gasteiger partial charge in [-0.1, -0.05) is 11.3 Å². The minimum atomic E-state index is 0.300. The van der Waals surface area contributed by atoms with Crippen molar-refractivity contribution in [1.82, 2.24) is 19.8 Å². The Kier molecular flexibility index (Phi) is 1.91. The lowest BCUT2D eigenvalue weighted by Crippen LogP contribution is -2.49. The monoisotopic (exact) mass is 274 g/mol. The van der Waals surface area contributed by atoms with Crippen molar-refractivity contribution in [3.05, 3.63) is 10.8 Å². The Morgan fingerprint density at radius 2 is 1.68 bits per heavy atom. The van der Waals surface area contributed by atoms with Gasteiger partial charge in [-0.2, -0.15) is 9.61 Å². The van der Waals surface area contributed by atoms with Crippen molar-refractivity contribution >= 4 is 16.3 Å². The average Bonchev–Trinajstić information content (AvgIpc) is 2.85. The van der Waals surface area contributed by atoms with Gasteiger partial charge in [-0.15, -0.1) is 10.2 Å². The number of aryl methyl sites for hydroxylation is 1. The van der Waals surface area contributed by atoms with E-state index < -0.39 is 0 Å². The second kappa shape index (κ2) is 3.37. The SMILES string of the molecule is Cc1nn2c(C34CC5CC(CC(C5)C3)C4)nnc2s1. The van der Waals surface area contributed by atoms with E-state index in [0.29, 0.717) is 5.41 Å². The van der Waals surface area contributed by atoms with E-state index in [9.17, 15) is 0 Å². The van der Waals surface area contributed by atoms with E-state index in [1.807, 2.05) is 4.52 Å². The highest BCUT2D eigenvalue weighted by molar-refractivity contribution is 7.16. The largest absolute Gasteiger partial charge is 0.234 e. The molecule has 0 unspecified atom stereocenters. The van der Waals surface area contributed by atoms with E-state index in [2.05, 4.69) is 22.2 Å². The third-order valence-electron chi connectivity index (χ3n) is 5.60. The fraction of sp³-hybridized carbons (Fsp3) is 0.786. The molecule has 0 amide bonds. The van der Waals surface area contributed by atoms with Gasteiger partial charge in [0.15, 0.2) is 5.82 Å². The van der Waals surface area contributed by atoms with Crippen LogP contribution in [-0.2, 0) is 5.41 Å². The van der Waals surface area contributed by atoms with E-state index in [4.69, 9.17) is 0 Å². The van der Waals surface area contributed by atoms with Gasteiger partial charge < -0.3 is 0 Å². The highest BCUT2D eigenvalue weighted by atomic mass is 32.1. The van der Waals surface area contributed by atoms with Crippen molar-refractivity contribution < 1.29 is 0 Å². The Morgan fingerprint density at radius 3 is 2.32 bits per heavy atom. The number of hydrogen-bond donors (Lipinski definition) is 0. The van der Waals surface area contributed by atoms with E-state index >= 15 is 0 Å². The molecule has 19 heavy (non-hydrogen) atoms. The summed E-state index contributed by atoms with van der Waals surface area (Å²) in [4.78, 5) is 0.975. The molecule has 0 saturated heterocycles. The van der Waals surface area contributed by atoms with Gasteiger partial charge in [0.1, 0.15) is 5.01 Å². The van der Waals surface area contributed by atoms with Crippen LogP contribution in [0.25, 0.3) is 4.96 Å². The maximum Gasteiger partial charge on any atom is 0.234 e. The molecule has 0 spiro atoms. The van der Waals surface area contributed by atoms with Gasteiger partial charge in [-0.25, -0.2) is 0 Å². The quantitative estimate of drug-likeness (QED) is 0.803. The third kappa shape index (κ3) is 1.37. The Labute approximate surface area is 116 Å². The Balaban J connectivity index is 1.68. The van der Waals surface area contributed by atoms with Crippen LogP contribution in [0.1, 0.15) is 49.4 Å². The first-order chi connectivity index (χ1) is 9.22. The van der Waals surface area contributed by atoms with Crippen LogP contribution < -0.4 is 0 Å². The summed E-state index contributed by atoms with van der Waals surface area (Å²) < 4.78 is 2.05. The lowest BCUT2D eigenvalue weighted by atomic mass is 9.49. The number of nitrogens with zero attached hydrogens (tertiary/aromatic N) is 4. The number of aromatic nitrogens is 4. The van der Waals surface area contributed by atoms with Crippen molar-refractivity contribution in [2.45, 2.75) is 50.9 Å². The maximum absolute atomic E-state index is 4.64. The van der Waals surface area contributed by atoms with Gasteiger partial charge in [0.2, 0.25) is 4.96 Å². The fourth-order valence-electron chi connectivity index (χ4n) is 5.43. The third-order valence-corrected chi connectivity index (χ3v) is 6.42. The topological polar surface area (TPSA) is 43.1 Å². The molecule has 5 heteroatoms. The normalized spacial score (nSPS) is 40.4. The van der Waals surface area contributed by atoms with Crippen molar-refractivity contribution in [3.63, 3.8) is 0 Å². The van der Waals surface area contributed by atoms with E-state index in [-0.39, 0.29) is 0 Å². The molecule has 4 bridgehead atoms. The van der Waals surface area contributed by atoms with Gasteiger partial charge in [0, 0.05) is 5.41 Å². The lowest BCUT2D eigenvalue weighted by molar-refractivity contribution is -0.0103. The molecule has 0 atom stereocenters. The zero-order valence-electron chi connectivity index (χ0n) is 11.2. The summed E-state index contributed by atoms with van der Waals surface area (Å²) in [6.07, 6.45) is 8.40. The van der Waals surface area contributed by atoms with Gasteiger partial charge >= 0.3 is 0 Å². The summed E-state index contributed by atoms with van der Waals surface area (Å²) in [6, 6.07) is 0. The van der Waals surface area contributed by atoms with Crippen molar-refractivity contribution in [2.24, 2.45) is 17.8 Å². The van der Waals surface area contributed by atoms with Crippen LogP contribution >= 0.6 is 11.3 Å². The first-order valence-electron chi connectivity index (χ1n) is 7.41. The molecular formula is C14H18N4S. The standard InChI is InChI=1S/C14H18N4S/c1-8-17-18-12(15-16-13(18)19-8)14-5-9-2-10(6-14)4-11(3-9)7-14/h9-11H,2-7H2,1H3. The molecule has 100 valence electrons. The van der Waals surface area contributed by atoms with Gasteiger partial charge in [0.05, 0.1) is 0 Å². The molecule has 2 heterocycles. The minimum absolute atomic E-state index is 0.300. The molecule has 2 aromatic rings. The van der Waals surface area contributed by atoms with Crippen LogP contribution in [0.5, 0.6) is 0 Å². The molecule has 0 aromatic carbocycles. The first-order valence-corrected chi connectivity index (χ1v) is 8.23. The second-order valence-corrected chi connectivity index (χ2v) is 8.20. The van der Waals surface area contributed by atoms with Crippen LogP contribution in [0.4, 0.5) is 0 Å². The highest BCUT2D eigenvalue weighted by Gasteiger charge is 2.53. The molecule has 0 radical (unpaired) electrons. The molecule has 0 aliphatic heterocycles. The van der Waals surface area contributed by atoms with Gasteiger partial charge in [-0.05, 0) is 63.2 Å². The molecule has 4 fully saturated rings. The van der Waals surface area contributed by atoms with E-state index in [0.717, 1.165) is 27.7 Å². The van der Waals surface area contributed by atoms with E-state index in [1.165, 1.54) is 44.3 Å². The summed E-state index contributed by atoms with van der Waals surface area (Å²) in [7, 11) is 0. The smallest absolute Gasteiger partial charge is 0.187 e. The summed E-state index contributed by atoms with van der Waals surface area (Å²) in [5.74, 6) is 4.00. The summed E-state index contributed by atoms with van der Waals surface area (Å²) in [6.45, 7) is 2.06. The second-order valence-electron chi connectivity index (χ2n) is 7.04. The van der Waals surface area contributed by atoms with Crippen LogP contribution in [0.3, 0.4) is 0 Å². The molecule has 4 nitrogen and oxygen atoms in total. The molecule has 4 saturated carbocycles. The highest BCUT2D eigenvalue weighted by Crippen LogP contribution is 2.60. The Hall–Kier alpha value is -0.970. The first kappa shape index (κ1) is 10.8. The number of hydrogen-bond acceptors (Lipinski definition) is 4. The zero-order valence-corrected chi connectivity index (χ0v) is 12.0. The van der Waals surface area contributed by atoms with Crippen molar-refractivity contribution in [1.29, 1.82) is 0 Å². The molecule has 4 aliphatic carbocycles. The van der Waals surface area contributed by atoms with Gasteiger partial charge in [0.25, 0.3) is 0 Å². The predicted molar refractivity (Wildman–Crippen MR) is 73.2 cm³/mol. The Bertz CT molecular complexity index is 620. The summed E-state index contributed by atoms with van der Waals surface area (Å²) in [5, 5.41) is 14.6.